The summed E-state index contributed by atoms with van der Waals surface area (Å²) < 4.78 is 34.0. The lowest BCUT2D eigenvalue weighted by Crippen LogP contribution is -2.04. The molecule has 0 atom stereocenters. The van der Waals surface area contributed by atoms with Crippen molar-refractivity contribution in [1.82, 2.24) is 0 Å². The zero-order valence-corrected chi connectivity index (χ0v) is 14.9. The molecule has 1 nitrogen and oxygen atoms in total. The maximum atomic E-state index is 15.1. The van der Waals surface area contributed by atoms with Crippen molar-refractivity contribution in [3.63, 3.8) is 0 Å². The molecule has 1 fully saturated rings. The summed E-state index contributed by atoms with van der Waals surface area (Å²) in [5.74, 6) is -0.0435. The molecule has 0 bridgehead atoms. The third-order valence-corrected chi connectivity index (χ3v) is 5.52. The Hall–Kier alpha value is -2.42. The first kappa shape index (κ1) is 17.0. The standard InChI is InChI=1S/C23H22F2O/c1-26-22-12-9-18(14-21(22)24)20-11-8-17-13-16(7-10-19(17)23(20)25)15-5-3-2-4-6-15/h7-15H,2-6H2,1H3. The normalized spacial score (nSPS) is 15.3. The van der Waals surface area contributed by atoms with Crippen LogP contribution in [0.1, 0.15) is 43.6 Å². The number of methoxy groups -OCH3 is 1. The fourth-order valence-electron chi connectivity index (χ4n) is 4.06. The Morgan fingerprint density at radius 2 is 1.69 bits per heavy atom. The lowest BCUT2D eigenvalue weighted by molar-refractivity contribution is 0.386. The maximum absolute atomic E-state index is 15.1. The van der Waals surface area contributed by atoms with Crippen LogP contribution in [-0.4, -0.2) is 7.11 Å². The second-order valence-corrected chi connectivity index (χ2v) is 7.09. The lowest BCUT2D eigenvalue weighted by Gasteiger charge is -2.22. The van der Waals surface area contributed by atoms with Gasteiger partial charge in [0.05, 0.1) is 7.11 Å². The van der Waals surface area contributed by atoms with Crippen molar-refractivity contribution < 1.29 is 13.5 Å². The number of hydrogen-bond acceptors (Lipinski definition) is 1. The minimum Gasteiger partial charge on any atom is -0.494 e. The third kappa shape index (κ3) is 3.07. The first-order chi connectivity index (χ1) is 12.7. The van der Waals surface area contributed by atoms with Crippen LogP contribution in [0.5, 0.6) is 5.75 Å². The Kier molecular flexibility index (Phi) is 4.62. The molecular formula is C23H22F2O. The van der Waals surface area contributed by atoms with Crippen LogP contribution < -0.4 is 4.74 Å². The van der Waals surface area contributed by atoms with Crippen LogP contribution in [0.2, 0.25) is 0 Å². The molecule has 0 aliphatic heterocycles. The van der Waals surface area contributed by atoms with E-state index in [9.17, 15) is 4.39 Å². The van der Waals surface area contributed by atoms with Gasteiger partial charge in [-0.3, -0.25) is 0 Å². The molecule has 26 heavy (non-hydrogen) atoms. The molecular weight excluding hydrogens is 330 g/mol. The van der Waals surface area contributed by atoms with Crippen LogP contribution in [0.4, 0.5) is 8.78 Å². The number of halogens is 2. The summed E-state index contributed by atoms with van der Waals surface area (Å²) in [5, 5.41) is 1.49. The van der Waals surface area contributed by atoms with Crippen LogP contribution in [0.25, 0.3) is 21.9 Å². The van der Waals surface area contributed by atoms with Crippen LogP contribution in [-0.2, 0) is 0 Å². The van der Waals surface area contributed by atoms with Gasteiger partial charge in [0.1, 0.15) is 5.82 Å². The fraction of sp³-hybridized carbons (Fsp3) is 0.304. The molecule has 1 aliphatic rings. The minimum absolute atomic E-state index is 0.159. The van der Waals surface area contributed by atoms with Gasteiger partial charge in [0.15, 0.2) is 11.6 Å². The Morgan fingerprint density at radius 1 is 0.885 bits per heavy atom. The highest BCUT2D eigenvalue weighted by Crippen LogP contribution is 2.36. The Balaban J connectivity index is 1.74. The Morgan fingerprint density at radius 3 is 2.42 bits per heavy atom. The Labute approximate surface area is 152 Å². The highest BCUT2D eigenvalue weighted by atomic mass is 19.1. The van der Waals surface area contributed by atoms with Crippen molar-refractivity contribution in [2.75, 3.05) is 7.11 Å². The number of ether oxygens (including phenoxy) is 1. The van der Waals surface area contributed by atoms with Crippen molar-refractivity contribution in [2.45, 2.75) is 38.0 Å². The average molecular weight is 352 g/mol. The van der Waals surface area contributed by atoms with Crippen molar-refractivity contribution in [3.8, 4) is 16.9 Å². The number of benzene rings is 3. The van der Waals surface area contributed by atoms with Gasteiger partial charge in [-0.1, -0.05) is 55.7 Å². The van der Waals surface area contributed by atoms with Gasteiger partial charge < -0.3 is 4.74 Å². The SMILES string of the molecule is COc1ccc(-c2ccc3cc(C4CCCCC4)ccc3c2F)cc1F. The molecule has 1 saturated carbocycles. The maximum Gasteiger partial charge on any atom is 0.165 e. The van der Waals surface area contributed by atoms with Crippen LogP contribution in [0.3, 0.4) is 0 Å². The molecule has 0 spiro atoms. The van der Waals surface area contributed by atoms with Gasteiger partial charge in [-0.2, -0.15) is 0 Å². The van der Waals surface area contributed by atoms with E-state index in [-0.39, 0.29) is 11.6 Å². The van der Waals surface area contributed by atoms with Gasteiger partial charge >= 0.3 is 0 Å². The molecule has 0 N–H and O–H groups in total. The molecule has 0 aromatic heterocycles. The summed E-state index contributed by atoms with van der Waals surface area (Å²) in [5.41, 5.74) is 2.23. The summed E-state index contributed by atoms with van der Waals surface area (Å²) in [6.07, 6.45) is 6.31. The number of rotatable bonds is 3. The van der Waals surface area contributed by atoms with E-state index in [0.29, 0.717) is 22.4 Å². The third-order valence-electron chi connectivity index (χ3n) is 5.52. The minimum atomic E-state index is -0.489. The second kappa shape index (κ2) is 7.06. The zero-order chi connectivity index (χ0) is 18.1. The zero-order valence-electron chi connectivity index (χ0n) is 14.9. The molecule has 0 saturated heterocycles. The largest absolute Gasteiger partial charge is 0.494 e. The molecule has 4 rings (SSSR count). The van der Waals surface area contributed by atoms with Gasteiger partial charge in [-0.25, -0.2) is 8.78 Å². The fourth-order valence-corrected chi connectivity index (χ4v) is 4.06. The topological polar surface area (TPSA) is 9.23 Å². The average Bonchev–Trinajstić information content (AvgIpc) is 2.68. The molecule has 3 heteroatoms. The molecule has 0 amide bonds. The highest BCUT2D eigenvalue weighted by molar-refractivity contribution is 5.89. The molecule has 0 heterocycles. The highest BCUT2D eigenvalue weighted by Gasteiger charge is 2.17. The number of fused-ring (bicyclic) bond motifs is 1. The van der Waals surface area contributed by atoms with Crippen LogP contribution >= 0.6 is 0 Å². The first-order valence-corrected chi connectivity index (χ1v) is 9.23. The van der Waals surface area contributed by atoms with Crippen LogP contribution in [0.15, 0.2) is 48.5 Å². The van der Waals surface area contributed by atoms with Gasteiger partial charge in [-0.15, -0.1) is 0 Å². The predicted molar refractivity (Wildman–Crippen MR) is 102 cm³/mol. The van der Waals surface area contributed by atoms with E-state index < -0.39 is 5.82 Å². The molecule has 0 unspecified atom stereocenters. The van der Waals surface area contributed by atoms with Gasteiger partial charge in [0.2, 0.25) is 0 Å². The van der Waals surface area contributed by atoms with Gasteiger partial charge in [0.25, 0.3) is 0 Å². The summed E-state index contributed by atoms with van der Waals surface area (Å²) in [6.45, 7) is 0. The summed E-state index contributed by atoms with van der Waals surface area (Å²) in [7, 11) is 1.42. The van der Waals surface area contributed by atoms with E-state index in [1.54, 1.807) is 12.1 Å². The van der Waals surface area contributed by atoms with E-state index >= 15 is 4.39 Å². The molecule has 3 aromatic carbocycles. The van der Waals surface area contributed by atoms with E-state index in [1.807, 2.05) is 12.1 Å². The quantitative estimate of drug-likeness (QED) is 0.501. The molecule has 134 valence electrons. The predicted octanol–water partition coefficient (Wildman–Crippen LogP) is 6.84. The van der Waals surface area contributed by atoms with E-state index in [0.717, 1.165) is 5.39 Å². The lowest BCUT2D eigenvalue weighted by atomic mass is 9.83. The van der Waals surface area contributed by atoms with Crippen molar-refractivity contribution in [3.05, 3.63) is 65.7 Å². The smallest absolute Gasteiger partial charge is 0.165 e. The van der Waals surface area contributed by atoms with E-state index in [1.165, 1.54) is 56.9 Å². The summed E-state index contributed by atoms with van der Waals surface area (Å²) in [6, 6.07) is 14.2. The van der Waals surface area contributed by atoms with Gasteiger partial charge in [0, 0.05) is 10.9 Å². The molecule has 1 aliphatic carbocycles. The van der Waals surface area contributed by atoms with E-state index in [2.05, 4.69) is 12.1 Å². The van der Waals surface area contributed by atoms with E-state index in [4.69, 9.17) is 4.74 Å². The second-order valence-electron chi connectivity index (χ2n) is 7.09. The Bertz CT molecular complexity index is 942. The molecule has 3 aromatic rings. The van der Waals surface area contributed by atoms with Crippen molar-refractivity contribution >= 4 is 10.8 Å². The molecule has 0 radical (unpaired) electrons. The van der Waals surface area contributed by atoms with Crippen molar-refractivity contribution in [1.29, 1.82) is 0 Å². The number of hydrogen-bond donors (Lipinski definition) is 0. The summed E-state index contributed by atoms with van der Waals surface area (Å²) in [4.78, 5) is 0. The monoisotopic (exact) mass is 352 g/mol. The van der Waals surface area contributed by atoms with Crippen LogP contribution in [0, 0.1) is 11.6 Å². The first-order valence-electron chi connectivity index (χ1n) is 9.23. The van der Waals surface area contributed by atoms with Crippen molar-refractivity contribution in [2.24, 2.45) is 0 Å². The summed E-state index contributed by atoms with van der Waals surface area (Å²) >= 11 is 0. The van der Waals surface area contributed by atoms with Gasteiger partial charge in [-0.05, 0) is 47.4 Å².